The number of aromatic amines is 1. The lowest BCUT2D eigenvalue weighted by Gasteiger charge is -2.07. The van der Waals surface area contributed by atoms with Crippen LogP contribution in [-0.2, 0) is 4.79 Å². The number of H-pyrrole nitrogens is 1. The smallest absolute Gasteiger partial charge is 0.255 e. The van der Waals surface area contributed by atoms with Crippen LogP contribution in [0.1, 0.15) is 31.2 Å². The number of hydrogen-bond donors (Lipinski definition) is 2. The molecule has 1 heterocycles. The molecule has 134 valence electrons. The van der Waals surface area contributed by atoms with Gasteiger partial charge in [-0.15, -0.1) is 0 Å². The van der Waals surface area contributed by atoms with Gasteiger partial charge in [-0.2, -0.15) is 0 Å². The Balaban J connectivity index is 1.97. The SMILES string of the molecule is CCCCNC(=O)/C(=C/c1ccc(OC)cc1)c1nc2ccccc2[nH]1. The number of rotatable bonds is 7. The van der Waals surface area contributed by atoms with Crippen molar-refractivity contribution in [2.24, 2.45) is 0 Å². The molecule has 0 unspecified atom stereocenters. The molecule has 0 aliphatic carbocycles. The Hall–Kier alpha value is -3.08. The Bertz CT molecular complexity index is 877. The number of imidazole rings is 1. The van der Waals surface area contributed by atoms with Crippen LogP contribution in [0.2, 0.25) is 0 Å². The predicted molar refractivity (Wildman–Crippen MR) is 105 cm³/mol. The van der Waals surface area contributed by atoms with E-state index in [2.05, 4.69) is 22.2 Å². The van der Waals surface area contributed by atoms with Crippen LogP contribution >= 0.6 is 0 Å². The monoisotopic (exact) mass is 349 g/mol. The van der Waals surface area contributed by atoms with Gasteiger partial charge in [-0.1, -0.05) is 37.6 Å². The summed E-state index contributed by atoms with van der Waals surface area (Å²) in [6.07, 6.45) is 3.82. The van der Waals surface area contributed by atoms with Crippen molar-refractivity contribution in [2.75, 3.05) is 13.7 Å². The van der Waals surface area contributed by atoms with Crippen LogP contribution in [0, 0.1) is 0 Å². The highest BCUT2D eigenvalue weighted by Crippen LogP contribution is 2.21. The van der Waals surface area contributed by atoms with Crippen LogP contribution in [-0.4, -0.2) is 29.5 Å². The molecule has 0 saturated carbocycles. The van der Waals surface area contributed by atoms with Crippen molar-refractivity contribution in [3.8, 4) is 5.75 Å². The Morgan fingerprint density at radius 3 is 2.65 bits per heavy atom. The van der Waals surface area contributed by atoms with Gasteiger partial charge in [0, 0.05) is 6.54 Å². The highest BCUT2D eigenvalue weighted by Gasteiger charge is 2.16. The van der Waals surface area contributed by atoms with Gasteiger partial charge in [0.05, 0.1) is 23.7 Å². The molecule has 0 spiro atoms. The number of unbranched alkanes of at least 4 members (excludes halogenated alkanes) is 1. The molecular formula is C21H23N3O2. The summed E-state index contributed by atoms with van der Waals surface area (Å²) in [4.78, 5) is 20.6. The molecule has 1 amide bonds. The van der Waals surface area contributed by atoms with Gasteiger partial charge in [-0.05, 0) is 42.3 Å². The van der Waals surface area contributed by atoms with E-state index >= 15 is 0 Å². The molecule has 0 aliphatic rings. The number of benzene rings is 2. The largest absolute Gasteiger partial charge is 0.497 e. The van der Waals surface area contributed by atoms with E-state index in [1.165, 1.54) is 0 Å². The molecule has 0 radical (unpaired) electrons. The minimum atomic E-state index is -0.131. The van der Waals surface area contributed by atoms with Crippen LogP contribution in [0.15, 0.2) is 48.5 Å². The van der Waals surface area contributed by atoms with E-state index < -0.39 is 0 Å². The van der Waals surface area contributed by atoms with Gasteiger partial charge in [-0.25, -0.2) is 4.98 Å². The van der Waals surface area contributed by atoms with Gasteiger partial charge in [0.2, 0.25) is 0 Å². The predicted octanol–water partition coefficient (Wildman–Crippen LogP) is 4.03. The molecule has 5 nitrogen and oxygen atoms in total. The van der Waals surface area contributed by atoms with Gasteiger partial charge in [0.1, 0.15) is 11.6 Å². The fourth-order valence-corrected chi connectivity index (χ4v) is 2.66. The van der Waals surface area contributed by atoms with Gasteiger partial charge in [-0.3, -0.25) is 4.79 Å². The molecule has 2 N–H and O–H groups in total. The van der Waals surface area contributed by atoms with E-state index in [-0.39, 0.29) is 5.91 Å². The Kier molecular flexibility index (Phi) is 5.69. The highest BCUT2D eigenvalue weighted by molar-refractivity contribution is 6.23. The number of carbonyl (C=O) groups is 1. The first-order valence-corrected chi connectivity index (χ1v) is 8.80. The number of amides is 1. The maximum Gasteiger partial charge on any atom is 0.255 e. The third-order valence-corrected chi connectivity index (χ3v) is 4.13. The molecule has 0 fully saturated rings. The average Bonchev–Trinajstić information content (AvgIpc) is 3.10. The molecule has 3 rings (SSSR count). The zero-order valence-corrected chi connectivity index (χ0v) is 15.1. The van der Waals surface area contributed by atoms with E-state index in [1.54, 1.807) is 7.11 Å². The second kappa shape index (κ2) is 8.34. The molecule has 0 saturated heterocycles. The topological polar surface area (TPSA) is 67.0 Å². The van der Waals surface area contributed by atoms with Gasteiger partial charge < -0.3 is 15.0 Å². The van der Waals surface area contributed by atoms with Crippen LogP contribution in [0.4, 0.5) is 0 Å². The Morgan fingerprint density at radius 1 is 1.19 bits per heavy atom. The molecule has 5 heteroatoms. The summed E-state index contributed by atoms with van der Waals surface area (Å²) in [6, 6.07) is 15.3. The lowest BCUT2D eigenvalue weighted by atomic mass is 10.1. The molecule has 2 aromatic carbocycles. The van der Waals surface area contributed by atoms with E-state index in [4.69, 9.17) is 4.74 Å². The number of carbonyl (C=O) groups excluding carboxylic acids is 1. The number of fused-ring (bicyclic) bond motifs is 1. The van der Waals surface area contributed by atoms with Crippen molar-refractivity contribution in [2.45, 2.75) is 19.8 Å². The quantitative estimate of drug-likeness (QED) is 0.500. The Morgan fingerprint density at radius 2 is 1.96 bits per heavy atom. The normalized spacial score (nSPS) is 11.5. The van der Waals surface area contributed by atoms with E-state index in [0.29, 0.717) is 17.9 Å². The van der Waals surface area contributed by atoms with Crippen molar-refractivity contribution in [1.82, 2.24) is 15.3 Å². The Labute approximate surface area is 153 Å². The maximum absolute atomic E-state index is 12.8. The zero-order chi connectivity index (χ0) is 18.4. The molecule has 1 aromatic heterocycles. The fraction of sp³-hybridized carbons (Fsp3) is 0.238. The van der Waals surface area contributed by atoms with Crippen LogP contribution in [0.3, 0.4) is 0 Å². The summed E-state index contributed by atoms with van der Waals surface area (Å²) in [5.41, 5.74) is 3.17. The highest BCUT2D eigenvalue weighted by atomic mass is 16.5. The molecule has 0 atom stereocenters. The van der Waals surface area contributed by atoms with Crippen LogP contribution in [0.5, 0.6) is 5.75 Å². The van der Waals surface area contributed by atoms with E-state index in [1.807, 2.05) is 54.6 Å². The van der Waals surface area contributed by atoms with Gasteiger partial charge in [0.25, 0.3) is 5.91 Å². The lowest BCUT2D eigenvalue weighted by Crippen LogP contribution is -2.25. The van der Waals surface area contributed by atoms with Gasteiger partial charge in [0.15, 0.2) is 0 Å². The minimum Gasteiger partial charge on any atom is -0.497 e. The first-order valence-electron chi connectivity index (χ1n) is 8.80. The summed E-state index contributed by atoms with van der Waals surface area (Å²) in [7, 11) is 1.63. The second-order valence-electron chi connectivity index (χ2n) is 6.04. The number of hydrogen-bond acceptors (Lipinski definition) is 3. The molecular weight excluding hydrogens is 326 g/mol. The average molecular weight is 349 g/mol. The molecule has 0 bridgehead atoms. The molecule has 26 heavy (non-hydrogen) atoms. The van der Waals surface area contributed by atoms with Crippen molar-refractivity contribution >= 4 is 28.6 Å². The summed E-state index contributed by atoms with van der Waals surface area (Å²) in [6.45, 7) is 2.75. The van der Waals surface area contributed by atoms with Crippen molar-refractivity contribution in [3.63, 3.8) is 0 Å². The van der Waals surface area contributed by atoms with E-state index in [9.17, 15) is 4.79 Å². The van der Waals surface area contributed by atoms with Crippen LogP contribution in [0.25, 0.3) is 22.7 Å². The zero-order valence-electron chi connectivity index (χ0n) is 15.1. The lowest BCUT2D eigenvalue weighted by molar-refractivity contribution is -0.115. The van der Waals surface area contributed by atoms with Crippen LogP contribution < -0.4 is 10.1 Å². The maximum atomic E-state index is 12.8. The number of aromatic nitrogens is 2. The fourth-order valence-electron chi connectivity index (χ4n) is 2.66. The standard InChI is InChI=1S/C21H23N3O2/c1-3-4-13-22-21(25)17(14-15-9-11-16(26-2)12-10-15)20-23-18-7-5-6-8-19(18)24-20/h5-12,14H,3-4,13H2,1-2H3,(H,22,25)(H,23,24)/b17-14+. The summed E-state index contributed by atoms with van der Waals surface area (Å²) >= 11 is 0. The third-order valence-electron chi connectivity index (χ3n) is 4.13. The van der Waals surface area contributed by atoms with E-state index in [0.717, 1.165) is 35.2 Å². The number of nitrogens with zero attached hydrogens (tertiary/aromatic N) is 1. The third kappa shape index (κ3) is 4.11. The summed E-state index contributed by atoms with van der Waals surface area (Å²) < 4.78 is 5.19. The van der Waals surface area contributed by atoms with Gasteiger partial charge >= 0.3 is 0 Å². The minimum absolute atomic E-state index is 0.131. The first-order chi connectivity index (χ1) is 12.7. The number of ether oxygens (including phenoxy) is 1. The summed E-state index contributed by atoms with van der Waals surface area (Å²) in [5.74, 6) is 1.21. The number of methoxy groups -OCH3 is 1. The van der Waals surface area contributed by atoms with Crippen molar-refractivity contribution in [3.05, 3.63) is 59.9 Å². The number of para-hydroxylation sites is 2. The first kappa shape index (κ1) is 17.7. The second-order valence-corrected chi connectivity index (χ2v) is 6.04. The molecule has 3 aromatic rings. The van der Waals surface area contributed by atoms with Crippen molar-refractivity contribution < 1.29 is 9.53 Å². The van der Waals surface area contributed by atoms with Crippen molar-refractivity contribution in [1.29, 1.82) is 0 Å². The summed E-state index contributed by atoms with van der Waals surface area (Å²) in [5, 5.41) is 2.98. The number of nitrogens with one attached hydrogen (secondary N) is 2. The molecule has 0 aliphatic heterocycles.